The van der Waals surface area contributed by atoms with Crippen LogP contribution >= 0.6 is 11.3 Å². The minimum absolute atomic E-state index is 0.231. The van der Waals surface area contributed by atoms with E-state index in [0.29, 0.717) is 57.2 Å². The maximum absolute atomic E-state index is 15.3. The van der Waals surface area contributed by atoms with Crippen molar-refractivity contribution >= 4 is 21.6 Å². The number of ether oxygens (including phenoxy) is 1. The van der Waals surface area contributed by atoms with Crippen LogP contribution in [0.4, 0.5) is 26.3 Å². The van der Waals surface area contributed by atoms with Crippen LogP contribution in [-0.4, -0.2) is 29.0 Å². The van der Waals surface area contributed by atoms with Crippen molar-refractivity contribution in [2.75, 3.05) is 13.1 Å². The predicted octanol–water partition coefficient (Wildman–Crippen LogP) is 8.63. The number of thiazole rings is 1. The number of halogens is 6. The Morgan fingerprint density at radius 3 is 2.27 bits per heavy atom. The molecule has 6 rings (SSSR count). The molecule has 2 fully saturated rings. The average molecular weight is 577 g/mol. The van der Waals surface area contributed by atoms with E-state index in [-0.39, 0.29) is 11.3 Å². The van der Waals surface area contributed by atoms with Crippen molar-refractivity contribution in [1.82, 2.24) is 9.88 Å². The molecule has 2 unspecified atom stereocenters. The lowest BCUT2D eigenvalue weighted by atomic mass is 9.78. The normalized spacial score (nSPS) is 23.0. The summed E-state index contributed by atoms with van der Waals surface area (Å²) in [5.74, 6) is -5.32. The quantitative estimate of drug-likeness (QED) is 0.125. The molecule has 3 aromatic carbocycles. The molecule has 1 saturated carbocycles. The zero-order valence-corrected chi connectivity index (χ0v) is 22.4. The molecule has 2 aliphatic rings. The Labute approximate surface area is 231 Å². The van der Waals surface area contributed by atoms with Gasteiger partial charge in [0.1, 0.15) is 11.6 Å². The largest absolute Gasteiger partial charge is 0.454 e. The van der Waals surface area contributed by atoms with Gasteiger partial charge in [-0.05, 0) is 73.8 Å². The minimum Gasteiger partial charge on any atom is -0.427 e. The predicted molar refractivity (Wildman–Crippen MR) is 142 cm³/mol. The fourth-order valence-corrected chi connectivity index (χ4v) is 6.49. The van der Waals surface area contributed by atoms with E-state index in [1.54, 1.807) is 24.3 Å². The van der Waals surface area contributed by atoms with Crippen LogP contribution < -0.4 is 4.74 Å². The van der Waals surface area contributed by atoms with Crippen LogP contribution in [0.15, 0.2) is 48.5 Å². The Bertz CT molecular complexity index is 1540. The SMILES string of the molecule is CC1CN1CC1CCC(c2ccc(-c3ccc4nc(C(F)(F)Oc5cc(F)c(F)c(F)c5)sc4c3)c(F)c2)CC1. The van der Waals surface area contributed by atoms with E-state index in [9.17, 15) is 22.0 Å². The molecule has 2 atom stereocenters. The number of rotatable bonds is 7. The fourth-order valence-electron chi connectivity index (χ4n) is 5.58. The van der Waals surface area contributed by atoms with E-state index in [0.717, 1.165) is 37.8 Å². The lowest BCUT2D eigenvalue weighted by Crippen LogP contribution is -2.21. The highest BCUT2D eigenvalue weighted by molar-refractivity contribution is 7.18. The maximum Gasteiger partial charge on any atom is 0.454 e. The van der Waals surface area contributed by atoms with Gasteiger partial charge in [-0.2, -0.15) is 8.78 Å². The summed E-state index contributed by atoms with van der Waals surface area (Å²) in [5, 5.41) is -0.760. The molecular weight excluding hydrogens is 550 g/mol. The number of hydrogen-bond donors (Lipinski definition) is 0. The van der Waals surface area contributed by atoms with Crippen LogP contribution in [0.1, 0.15) is 49.1 Å². The van der Waals surface area contributed by atoms with Gasteiger partial charge in [-0.3, -0.25) is 4.90 Å². The number of benzene rings is 3. The summed E-state index contributed by atoms with van der Waals surface area (Å²) in [6, 6.07) is 11.3. The molecule has 0 N–H and O–H groups in total. The first-order chi connectivity index (χ1) is 19.1. The Hall–Kier alpha value is -3.11. The van der Waals surface area contributed by atoms with Gasteiger partial charge in [-0.25, -0.2) is 22.5 Å². The Morgan fingerprint density at radius 1 is 0.925 bits per heavy atom. The molecule has 0 spiro atoms. The average Bonchev–Trinajstić information content (AvgIpc) is 3.42. The summed E-state index contributed by atoms with van der Waals surface area (Å²) in [4.78, 5) is 6.38. The van der Waals surface area contributed by atoms with Gasteiger partial charge in [-0.15, -0.1) is 11.3 Å². The highest BCUT2D eigenvalue weighted by Gasteiger charge is 2.39. The van der Waals surface area contributed by atoms with E-state index < -0.39 is 34.3 Å². The molecule has 4 aromatic rings. The third-order valence-corrected chi connectivity index (χ3v) is 9.01. The summed E-state index contributed by atoms with van der Waals surface area (Å²) >= 11 is 0.611. The smallest absolute Gasteiger partial charge is 0.427 e. The summed E-state index contributed by atoms with van der Waals surface area (Å²) in [7, 11) is 0. The molecule has 1 saturated heterocycles. The van der Waals surface area contributed by atoms with Crippen LogP contribution in [0.3, 0.4) is 0 Å². The van der Waals surface area contributed by atoms with Gasteiger partial charge in [0.2, 0.25) is 5.01 Å². The van der Waals surface area contributed by atoms with Gasteiger partial charge in [-0.1, -0.05) is 18.2 Å². The van der Waals surface area contributed by atoms with E-state index in [2.05, 4.69) is 21.5 Å². The lowest BCUT2D eigenvalue weighted by Gasteiger charge is -2.29. The maximum atomic E-state index is 15.3. The first-order valence-corrected chi connectivity index (χ1v) is 14.1. The molecule has 0 amide bonds. The molecule has 1 aliphatic carbocycles. The van der Waals surface area contributed by atoms with E-state index >= 15 is 4.39 Å². The van der Waals surface area contributed by atoms with Crippen molar-refractivity contribution in [3.63, 3.8) is 0 Å². The van der Waals surface area contributed by atoms with Crippen LogP contribution in [0, 0.1) is 29.2 Å². The first-order valence-electron chi connectivity index (χ1n) is 13.2. The number of alkyl halides is 2. The van der Waals surface area contributed by atoms with Gasteiger partial charge >= 0.3 is 6.11 Å². The van der Waals surface area contributed by atoms with Gasteiger partial charge in [0.05, 0.1) is 10.2 Å². The van der Waals surface area contributed by atoms with E-state index in [1.807, 2.05) is 6.07 Å². The first kappa shape index (κ1) is 27.1. The second-order valence-corrected chi connectivity index (χ2v) is 11.8. The van der Waals surface area contributed by atoms with Crippen molar-refractivity contribution in [2.45, 2.75) is 50.7 Å². The number of hydrogen-bond acceptors (Lipinski definition) is 4. The van der Waals surface area contributed by atoms with Crippen molar-refractivity contribution < 1.29 is 31.1 Å². The summed E-state index contributed by atoms with van der Waals surface area (Å²) in [6.07, 6.45) is 0.312. The Morgan fingerprint density at radius 2 is 1.62 bits per heavy atom. The summed E-state index contributed by atoms with van der Waals surface area (Å²) < 4.78 is 89.7. The van der Waals surface area contributed by atoms with Crippen molar-refractivity contribution in [2.24, 2.45) is 5.92 Å². The van der Waals surface area contributed by atoms with Crippen LogP contribution in [0.2, 0.25) is 0 Å². The van der Waals surface area contributed by atoms with E-state index in [4.69, 9.17) is 0 Å². The highest BCUT2D eigenvalue weighted by Crippen LogP contribution is 2.40. The third kappa shape index (κ3) is 5.43. The standard InChI is InChI=1S/C30H26F6N2OS/c1-16-14-38(16)15-17-2-4-18(5-3-17)19-6-8-22(23(31)10-19)20-7-9-26-27(11-20)40-29(37-26)30(35,36)39-21-12-24(32)28(34)25(33)13-21/h6-13,16-18H,2-5,14-15H2,1H3. The second-order valence-electron chi connectivity index (χ2n) is 10.8. The number of nitrogens with zero attached hydrogens (tertiary/aromatic N) is 2. The van der Waals surface area contributed by atoms with Crippen LogP contribution in [0.5, 0.6) is 5.75 Å². The molecule has 0 radical (unpaired) electrons. The summed E-state index contributed by atoms with van der Waals surface area (Å²) in [5.41, 5.74) is 2.07. The molecule has 1 aliphatic heterocycles. The van der Waals surface area contributed by atoms with Crippen molar-refractivity contribution in [3.05, 3.63) is 82.4 Å². The molecule has 40 heavy (non-hydrogen) atoms. The number of aromatic nitrogens is 1. The minimum atomic E-state index is -4.04. The fraction of sp³-hybridized carbons (Fsp3) is 0.367. The zero-order chi connectivity index (χ0) is 28.2. The second kappa shape index (κ2) is 10.4. The van der Waals surface area contributed by atoms with Crippen molar-refractivity contribution in [1.29, 1.82) is 0 Å². The summed E-state index contributed by atoms with van der Waals surface area (Å²) in [6.45, 7) is 4.59. The van der Waals surface area contributed by atoms with E-state index in [1.165, 1.54) is 12.6 Å². The van der Waals surface area contributed by atoms with Crippen LogP contribution in [0.25, 0.3) is 21.3 Å². The van der Waals surface area contributed by atoms with Crippen molar-refractivity contribution in [3.8, 4) is 16.9 Å². The Balaban J connectivity index is 1.17. The molecule has 10 heteroatoms. The molecule has 0 bridgehead atoms. The number of fused-ring (bicyclic) bond motifs is 1. The lowest BCUT2D eigenvalue weighted by molar-refractivity contribution is -0.185. The molecule has 1 aromatic heterocycles. The molecule has 210 valence electrons. The topological polar surface area (TPSA) is 25.1 Å². The van der Waals surface area contributed by atoms with Gasteiger partial charge in [0, 0.05) is 36.8 Å². The highest BCUT2D eigenvalue weighted by atomic mass is 32.1. The Kier molecular flexibility index (Phi) is 7.02. The third-order valence-electron chi connectivity index (χ3n) is 7.94. The molecule has 2 heterocycles. The van der Waals surface area contributed by atoms with Gasteiger partial charge in [0.25, 0.3) is 0 Å². The molecule has 3 nitrogen and oxygen atoms in total. The van der Waals surface area contributed by atoms with Gasteiger partial charge < -0.3 is 4.74 Å². The van der Waals surface area contributed by atoms with Gasteiger partial charge in [0.15, 0.2) is 17.5 Å². The van der Waals surface area contributed by atoms with Crippen LogP contribution in [-0.2, 0) is 6.11 Å². The molecular formula is C30H26F6N2OS. The monoisotopic (exact) mass is 576 g/mol. The zero-order valence-electron chi connectivity index (χ0n) is 21.6.